The van der Waals surface area contributed by atoms with Crippen molar-refractivity contribution in [2.75, 3.05) is 39.2 Å². The van der Waals surface area contributed by atoms with E-state index in [1.165, 1.54) is 12.8 Å². The lowest BCUT2D eigenvalue weighted by atomic mass is 9.96. The highest BCUT2D eigenvalue weighted by Gasteiger charge is 2.20. The molecule has 1 aromatic rings. The molecule has 1 heterocycles. The molecular weight excluding hydrogens is 252 g/mol. The van der Waals surface area contributed by atoms with Gasteiger partial charge in [0.05, 0.1) is 0 Å². The van der Waals surface area contributed by atoms with Crippen LogP contribution in [0.4, 0.5) is 5.69 Å². The van der Waals surface area contributed by atoms with Gasteiger partial charge in [0.25, 0.3) is 5.91 Å². The number of benzene rings is 1. The van der Waals surface area contributed by atoms with Crippen LogP contribution in [0.15, 0.2) is 24.3 Å². The summed E-state index contributed by atoms with van der Waals surface area (Å²) in [6.07, 6.45) is 2.34. The van der Waals surface area contributed by atoms with E-state index in [1.54, 1.807) is 0 Å². The summed E-state index contributed by atoms with van der Waals surface area (Å²) in [5, 5.41) is 0. The van der Waals surface area contributed by atoms with Crippen LogP contribution in [0.1, 0.15) is 23.2 Å². The Hall–Kier alpha value is -1.59. The summed E-state index contributed by atoms with van der Waals surface area (Å²) in [6, 6.07) is 7.25. The molecule has 0 spiro atoms. The smallest absolute Gasteiger partial charge is 0.253 e. The van der Waals surface area contributed by atoms with Crippen molar-refractivity contribution in [3.8, 4) is 0 Å². The number of hydrogen-bond donors (Lipinski definition) is 2. The van der Waals surface area contributed by atoms with Gasteiger partial charge < -0.3 is 15.2 Å². The fourth-order valence-corrected chi connectivity index (χ4v) is 2.64. The quantitative estimate of drug-likeness (QED) is 0.644. The van der Waals surface area contributed by atoms with Crippen molar-refractivity contribution in [2.45, 2.75) is 12.8 Å². The highest BCUT2D eigenvalue weighted by molar-refractivity contribution is 5.94. The minimum absolute atomic E-state index is 0.0764. The first-order chi connectivity index (χ1) is 9.60. The Morgan fingerprint density at radius 3 is 2.50 bits per heavy atom. The Kier molecular flexibility index (Phi) is 4.98. The van der Waals surface area contributed by atoms with Crippen molar-refractivity contribution in [1.29, 1.82) is 0 Å². The van der Waals surface area contributed by atoms with E-state index in [0.717, 1.165) is 25.3 Å². The van der Waals surface area contributed by atoms with Crippen LogP contribution in [0, 0.1) is 5.92 Å². The van der Waals surface area contributed by atoms with E-state index >= 15 is 0 Å². The van der Waals surface area contributed by atoms with Gasteiger partial charge in [0.2, 0.25) is 0 Å². The zero-order valence-electron chi connectivity index (χ0n) is 12.3. The first-order valence-corrected chi connectivity index (χ1v) is 7.11. The predicted octanol–water partition coefficient (Wildman–Crippen LogP) is 1.39. The minimum Gasteiger partial charge on any atom is -0.341 e. The number of piperidine rings is 1. The molecule has 1 fully saturated rings. The molecule has 0 bridgehead atoms. The van der Waals surface area contributed by atoms with Gasteiger partial charge in [0.15, 0.2) is 0 Å². The molecule has 5 heteroatoms. The van der Waals surface area contributed by atoms with Crippen LogP contribution >= 0.6 is 0 Å². The SMILES string of the molecule is CN1CCC(CN(C)C(=O)c2ccc(NN)cc2)CC1. The van der Waals surface area contributed by atoms with Crippen LogP contribution in [0.5, 0.6) is 0 Å². The molecule has 1 aliphatic heterocycles. The van der Waals surface area contributed by atoms with Gasteiger partial charge in [0, 0.05) is 24.8 Å². The molecular formula is C15H24N4O. The zero-order chi connectivity index (χ0) is 14.5. The molecule has 5 nitrogen and oxygen atoms in total. The van der Waals surface area contributed by atoms with Gasteiger partial charge in [-0.25, -0.2) is 0 Å². The maximum atomic E-state index is 12.3. The van der Waals surface area contributed by atoms with Gasteiger partial charge in [-0.05, 0) is 63.2 Å². The lowest BCUT2D eigenvalue weighted by Crippen LogP contribution is -2.37. The molecule has 0 unspecified atom stereocenters. The summed E-state index contributed by atoms with van der Waals surface area (Å²) in [6.45, 7) is 3.09. The molecule has 0 aromatic heterocycles. The molecule has 3 N–H and O–H groups in total. The first-order valence-electron chi connectivity index (χ1n) is 7.11. The molecule has 0 atom stereocenters. The summed E-state index contributed by atoms with van der Waals surface area (Å²) in [5.41, 5.74) is 4.08. The molecule has 1 saturated heterocycles. The highest BCUT2D eigenvalue weighted by atomic mass is 16.2. The number of nitrogen functional groups attached to an aromatic ring is 1. The molecule has 2 rings (SSSR count). The summed E-state index contributed by atoms with van der Waals surface area (Å²) >= 11 is 0. The van der Waals surface area contributed by atoms with E-state index in [2.05, 4.69) is 17.4 Å². The number of hydrogen-bond acceptors (Lipinski definition) is 4. The number of hydrazine groups is 1. The van der Waals surface area contributed by atoms with Crippen LogP contribution in [0.3, 0.4) is 0 Å². The molecule has 0 saturated carbocycles. The third kappa shape index (κ3) is 3.71. The van der Waals surface area contributed by atoms with Crippen molar-refractivity contribution in [2.24, 2.45) is 11.8 Å². The number of carbonyl (C=O) groups is 1. The van der Waals surface area contributed by atoms with Crippen LogP contribution in [-0.2, 0) is 0 Å². The molecule has 0 radical (unpaired) electrons. The zero-order valence-corrected chi connectivity index (χ0v) is 12.3. The molecule has 1 amide bonds. The second-order valence-electron chi connectivity index (χ2n) is 5.65. The summed E-state index contributed by atoms with van der Waals surface area (Å²) < 4.78 is 0. The Balaban J connectivity index is 1.90. The fraction of sp³-hybridized carbons (Fsp3) is 0.533. The third-order valence-corrected chi connectivity index (χ3v) is 4.02. The van der Waals surface area contributed by atoms with E-state index in [-0.39, 0.29) is 5.91 Å². The first kappa shape index (κ1) is 14.8. The average molecular weight is 276 g/mol. The Bertz CT molecular complexity index is 438. The maximum Gasteiger partial charge on any atom is 0.253 e. The lowest BCUT2D eigenvalue weighted by Gasteiger charge is -2.31. The van der Waals surface area contributed by atoms with Crippen LogP contribution < -0.4 is 11.3 Å². The fourth-order valence-electron chi connectivity index (χ4n) is 2.64. The number of rotatable bonds is 4. The Morgan fingerprint density at radius 1 is 1.35 bits per heavy atom. The molecule has 1 aliphatic rings. The van der Waals surface area contributed by atoms with Crippen molar-refractivity contribution in [3.63, 3.8) is 0 Å². The van der Waals surface area contributed by atoms with Gasteiger partial charge >= 0.3 is 0 Å². The number of carbonyl (C=O) groups excluding carboxylic acids is 1. The van der Waals surface area contributed by atoms with E-state index < -0.39 is 0 Å². The third-order valence-electron chi connectivity index (χ3n) is 4.02. The molecule has 0 aliphatic carbocycles. The van der Waals surface area contributed by atoms with Crippen LogP contribution in [0.25, 0.3) is 0 Å². The number of amides is 1. The minimum atomic E-state index is 0.0764. The number of anilines is 1. The van der Waals surface area contributed by atoms with Crippen molar-refractivity contribution >= 4 is 11.6 Å². The molecule has 1 aromatic carbocycles. The van der Waals surface area contributed by atoms with E-state index in [1.807, 2.05) is 36.2 Å². The van der Waals surface area contributed by atoms with Gasteiger partial charge in [-0.3, -0.25) is 10.6 Å². The largest absolute Gasteiger partial charge is 0.341 e. The molecule has 110 valence electrons. The Labute approximate surface area is 120 Å². The van der Waals surface area contributed by atoms with Gasteiger partial charge in [-0.2, -0.15) is 0 Å². The van der Waals surface area contributed by atoms with Gasteiger partial charge in [-0.1, -0.05) is 0 Å². The second kappa shape index (κ2) is 6.72. The lowest BCUT2D eigenvalue weighted by molar-refractivity contribution is 0.0747. The predicted molar refractivity (Wildman–Crippen MR) is 81.4 cm³/mol. The maximum absolute atomic E-state index is 12.3. The Morgan fingerprint density at radius 2 is 1.95 bits per heavy atom. The number of likely N-dealkylation sites (tertiary alicyclic amines) is 1. The summed E-state index contributed by atoms with van der Waals surface area (Å²) in [7, 11) is 4.04. The van der Waals surface area contributed by atoms with Crippen LogP contribution in [0.2, 0.25) is 0 Å². The highest BCUT2D eigenvalue weighted by Crippen LogP contribution is 2.18. The van der Waals surface area contributed by atoms with E-state index in [0.29, 0.717) is 11.5 Å². The summed E-state index contributed by atoms with van der Waals surface area (Å²) in [5.74, 6) is 6.01. The van der Waals surface area contributed by atoms with Gasteiger partial charge in [-0.15, -0.1) is 0 Å². The second-order valence-corrected chi connectivity index (χ2v) is 5.65. The van der Waals surface area contributed by atoms with Crippen molar-refractivity contribution in [1.82, 2.24) is 9.80 Å². The normalized spacial score (nSPS) is 16.9. The topological polar surface area (TPSA) is 61.6 Å². The number of nitrogens with one attached hydrogen (secondary N) is 1. The average Bonchev–Trinajstić information content (AvgIpc) is 2.49. The molecule has 20 heavy (non-hydrogen) atoms. The number of nitrogens with zero attached hydrogens (tertiary/aromatic N) is 2. The number of nitrogens with two attached hydrogens (primary N) is 1. The van der Waals surface area contributed by atoms with E-state index in [4.69, 9.17) is 5.84 Å². The monoisotopic (exact) mass is 276 g/mol. The van der Waals surface area contributed by atoms with Gasteiger partial charge in [0.1, 0.15) is 0 Å². The van der Waals surface area contributed by atoms with Crippen molar-refractivity contribution < 1.29 is 4.79 Å². The standard InChI is InChI=1S/C15H24N4O/c1-18-9-7-12(8-10-18)11-19(2)15(20)13-3-5-14(17-16)6-4-13/h3-6,12,17H,7-11,16H2,1-2H3. The summed E-state index contributed by atoms with van der Waals surface area (Å²) in [4.78, 5) is 16.5. The van der Waals surface area contributed by atoms with Crippen LogP contribution in [-0.4, -0.2) is 49.4 Å². The van der Waals surface area contributed by atoms with E-state index in [9.17, 15) is 4.79 Å². The van der Waals surface area contributed by atoms with Crippen molar-refractivity contribution in [3.05, 3.63) is 29.8 Å².